The summed E-state index contributed by atoms with van der Waals surface area (Å²) in [7, 11) is 0. The standard InChI is InChI=1S/C11H15NO4/c1-4-9(11(14)15)12-10(13)8-5-6(2)16-7(8)3/h5,9H,4H2,1-3H3,(H,12,13)(H,14,15)/t9-/m1/s1. The van der Waals surface area contributed by atoms with E-state index in [-0.39, 0.29) is 0 Å². The number of carbonyl (C=O) groups is 2. The number of nitrogens with one attached hydrogen (secondary N) is 1. The molecule has 5 heteroatoms. The normalized spacial score (nSPS) is 12.2. The topological polar surface area (TPSA) is 79.5 Å². The van der Waals surface area contributed by atoms with Gasteiger partial charge >= 0.3 is 5.97 Å². The molecule has 88 valence electrons. The van der Waals surface area contributed by atoms with E-state index in [0.717, 1.165) is 0 Å². The molecular formula is C11H15NO4. The third kappa shape index (κ3) is 2.62. The van der Waals surface area contributed by atoms with Crippen LogP contribution in [0.15, 0.2) is 10.5 Å². The summed E-state index contributed by atoms with van der Waals surface area (Å²) in [5.41, 5.74) is 0.386. The molecule has 1 aromatic rings. The molecule has 1 aromatic heterocycles. The van der Waals surface area contributed by atoms with Crippen LogP contribution in [0.5, 0.6) is 0 Å². The van der Waals surface area contributed by atoms with Crippen LogP contribution in [0.25, 0.3) is 0 Å². The molecule has 0 fully saturated rings. The maximum absolute atomic E-state index is 11.7. The highest BCUT2D eigenvalue weighted by molar-refractivity contribution is 5.97. The lowest BCUT2D eigenvalue weighted by Crippen LogP contribution is -2.40. The number of amides is 1. The van der Waals surface area contributed by atoms with Gasteiger partial charge in [0.15, 0.2) is 0 Å². The first-order chi connectivity index (χ1) is 7.45. The Morgan fingerprint density at radius 1 is 1.50 bits per heavy atom. The van der Waals surface area contributed by atoms with Gasteiger partial charge in [-0.3, -0.25) is 4.79 Å². The van der Waals surface area contributed by atoms with Gasteiger partial charge in [-0.1, -0.05) is 6.92 Å². The van der Waals surface area contributed by atoms with Gasteiger partial charge in [-0.05, 0) is 26.3 Å². The summed E-state index contributed by atoms with van der Waals surface area (Å²) in [6.07, 6.45) is 0.344. The van der Waals surface area contributed by atoms with Gasteiger partial charge in [0.05, 0.1) is 5.56 Å². The fourth-order valence-corrected chi connectivity index (χ4v) is 1.43. The zero-order valence-corrected chi connectivity index (χ0v) is 9.53. The van der Waals surface area contributed by atoms with Gasteiger partial charge in [-0.15, -0.1) is 0 Å². The van der Waals surface area contributed by atoms with Gasteiger partial charge in [0.25, 0.3) is 5.91 Å². The molecule has 0 aliphatic rings. The van der Waals surface area contributed by atoms with Crippen molar-refractivity contribution in [1.29, 1.82) is 0 Å². The average Bonchev–Trinajstić information content (AvgIpc) is 2.53. The number of carboxylic acid groups (broad SMARTS) is 1. The highest BCUT2D eigenvalue weighted by atomic mass is 16.4. The summed E-state index contributed by atoms with van der Waals surface area (Å²) in [5, 5.41) is 11.2. The number of furan rings is 1. The molecule has 0 spiro atoms. The van der Waals surface area contributed by atoms with E-state index in [0.29, 0.717) is 23.5 Å². The molecule has 1 atom stereocenters. The number of carbonyl (C=O) groups excluding carboxylic acids is 1. The monoisotopic (exact) mass is 225 g/mol. The van der Waals surface area contributed by atoms with E-state index >= 15 is 0 Å². The molecule has 0 aliphatic heterocycles. The quantitative estimate of drug-likeness (QED) is 0.813. The Hall–Kier alpha value is -1.78. The van der Waals surface area contributed by atoms with Crippen LogP contribution in [0.3, 0.4) is 0 Å². The maximum Gasteiger partial charge on any atom is 0.326 e. The van der Waals surface area contributed by atoms with Crippen molar-refractivity contribution in [3.05, 3.63) is 23.2 Å². The molecule has 1 rings (SSSR count). The first-order valence-electron chi connectivity index (χ1n) is 5.06. The van der Waals surface area contributed by atoms with E-state index < -0.39 is 17.9 Å². The number of carboxylic acids is 1. The molecule has 2 N–H and O–H groups in total. The van der Waals surface area contributed by atoms with Gasteiger partial charge in [0, 0.05) is 0 Å². The third-order valence-corrected chi connectivity index (χ3v) is 2.30. The molecule has 0 aromatic carbocycles. The zero-order valence-electron chi connectivity index (χ0n) is 9.53. The minimum Gasteiger partial charge on any atom is -0.480 e. The van der Waals surface area contributed by atoms with E-state index in [1.54, 1.807) is 26.8 Å². The Bertz CT molecular complexity index is 408. The highest BCUT2D eigenvalue weighted by Crippen LogP contribution is 2.13. The number of aryl methyl sites for hydroxylation is 2. The number of rotatable bonds is 4. The van der Waals surface area contributed by atoms with Crippen LogP contribution >= 0.6 is 0 Å². The van der Waals surface area contributed by atoms with Gasteiger partial charge in [0.2, 0.25) is 0 Å². The molecule has 0 radical (unpaired) electrons. The van der Waals surface area contributed by atoms with Crippen molar-refractivity contribution < 1.29 is 19.1 Å². The number of hydrogen-bond donors (Lipinski definition) is 2. The van der Waals surface area contributed by atoms with E-state index in [9.17, 15) is 9.59 Å². The van der Waals surface area contributed by atoms with Crippen LogP contribution in [0.1, 0.15) is 35.2 Å². The van der Waals surface area contributed by atoms with Crippen molar-refractivity contribution in [2.24, 2.45) is 0 Å². The van der Waals surface area contributed by atoms with E-state index in [1.165, 1.54) is 0 Å². The largest absolute Gasteiger partial charge is 0.480 e. The summed E-state index contributed by atoms with van der Waals surface area (Å²) in [5.74, 6) is -0.321. The summed E-state index contributed by atoms with van der Waals surface area (Å²) in [6.45, 7) is 5.11. The molecule has 0 saturated carbocycles. The van der Waals surface area contributed by atoms with E-state index in [4.69, 9.17) is 9.52 Å². The van der Waals surface area contributed by atoms with Crippen LogP contribution < -0.4 is 5.32 Å². The zero-order chi connectivity index (χ0) is 12.3. The van der Waals surface area contributed by atoms with Gasteiger partial charge in [0.1, 0.15) is 17.6 Å². The van der Waals surface area contributed by atoms with Crippen molar-refractivity contribution in [3.8, 4) is 0 Å². The lowest BCUT2D eigenvalue weighted by molar-refractivity contribution is -0.139. The third-order valence-electron chi connectivity index (χ3n) is 2.30. The molecule has 1 heterocycles. The predicted octanol–water partition coefficient (Wildman–Crippen LogP) is 1.49. The summed E-state index contributed by atoms with van der Waals surface area (Å²) < 4.78 is 5.20. The molecule has 0 aliphatic carbocycles. The summed E-state index contributed by atoms with van der Waals surface area (Å²) in [6, 6.07) is 0.737. The molecular weight excluding hydrogens is 210 g/mol. The predicted molar refractivity (Wildman–Crippen MR) is 57.4 cm³/mol. The second kappa shape index (κ2) is 4.83. The van der Waals surface area contributed by atoms with Crippen LogP contribution in [-0.4, -0.2) is 23.0 Å². The second-order valence-corrected chi connectivity index (χ2v) is 3.60. The maximum atomic E-state index is 11.7. The first kappa shape index (κ1) is 12.3. The van der Waals surface area contributed by atoms with Crippen LogP contribution in [0.2, 0.25) is 0 Å². The first-order valence-corrected chi connectivity index (χ1v) is 5.06. The molecule has 5 nitrogen and oxygen atoms in total. The molecule has 0 bridgehead atoms. The van der Waals surface area contributed by atoms with Crippen molar-refractivity contribution in [2.45, 2.75) is 33.2 Å². The van der Waals surface area contributed by atoms with Gasteiger partial charge in [-0.25, -0.2) is 4.79 Å². The summed E-state index contributed by atoms with van der Waals surface area (Å²) >= 11 is 0. The minimum absolute atomic E-state index is 0.344. The van der Waals surface area contributed by atoms with Crippen LogP contribution in [0.4, 0.5) is 0 Å². The Labute approximate surface area is 93.4 Å². The van der Waals surface area contributed by atoms with Gasteiger partial charge in [-0.2, -0.15) is 0 Å². The van der Waals surface area contributed by atoms with Crippen molar-refractivity contribution in [1.82, 2.24) is 5.32 Å². The van der Waals surface area contributed by atoms with E-state index in [2.05, 4.69) is 5.32 Å². The van der Waals surface area contributed by atoms with Crippen molar-refractivity contribution in [3.63, 3.8) is 0 Å². The minimum atomic E-state index is -1.03. The number of aliphatic carboxylic acids is 1. The SMILES string of the molecule is CC[C@@H](NC(=O)c1cc(C)oc1C)C(=O)O. The Kier molecular flexibility index (Phi) is 3.71. The summed E-state index contributed by atoms with van der Waals surface area (Å²) in [4.78, 5) is 22.5. The van der Waals surface area contributed by atoms with Gasteiger partial charge < -0.3 is 14.8 Å². The highest BCUT2D eigenvalue weighted by Gasteiger charge is 2.20. The molecule has 0 saturated heterocycles. The van der Waals surface area contributed by atoms with Crippen LogP contribution in [-0.2, 0) is 4.79 Å². The van der Waals surface area contributed by atoms with Crippen molar-refractivity contribution >= 4 is 11.9 Å². The molecule has 16 heavy (non-hydrogen) atoms. The lowest BCUT2D eigenvalue weighted by Gasteiger charge is -2.11. The molecule has 1 amide bonds. The second-order valence-electron chi connectivity index (χ2n) is 3.60. The fourth-order valence-electron chi connectivity index (χ4n) is 1.43. The number of hydrogen-bond acceptors (Lipinski definition) is 3. The Morgan fingerprint density at radius 2 is 2.12 bits per heavy atom. The molecule has 0 unspecified atom stereocenters. The van der Waals surface area contributed by atoms with E-state index in [1.807, 2.05) is 0 Å². The van der Waals surface area contributed by atoms with Crippen molar-refractivity contribution in [2.75, 3.05) is 0 Å². The Morgan fingerprint density at radius 3 is 2.50 bits per heavy atom. The fraction of sp³-hybridized carbons (Fsp3) is 0.455. The smallest absolute Gasteiger partial charge is 0.326 e. The average molecular weight is 225 g/mol. The lowest BCUT2D eigenvalue weighted by atomic mass is 10.2. The van der Waals surface area contributed by atoms with Crippen LogP contribution in [0, 0.1) is 13.8 Å². The Balaban J connectivity index is 2.79.